The van der Waals surface area contributed by atoms with E-state index in [1.165, 1.54) is 89.5 Å². The molecule has 3 N–H and O–H groups in total. The van der Waals surface area contributed by atoms with Gasteiger partial charge in [0.2, 0.25) is 0 Å². The first-order valence-corrected chi connectivity index (χ1v) is 14.5. The van der Waals surface area contributed by atoms with E-state index >= 15 is 0 Å². The zero-order valence-electron chi connectivity index (χ0n) is 22.0. The summed E-state index contributed by atoms with van der Waals surface area (Å²) in [6.07, 6.45) is 16.9. The summed E-state index contributed by atoms with van der Waals surface area (Å²) in [7, 11) is 1.20. The fourth-order valence-corrected chi connectivity index (χ4v) is 4.26. The summed E-state index contributed by atoms with van der Waals surface area (Å²) in [5.41, 5.74) is 5.78. The topological polar surface area (TPSA) is 125 Å². The van der Waals surface area contributed by atoms with Crippen molar-refractivity contribution in [3.8, 4) is 0 Å². The predicted molar refractivity (Wildman–Crippen MR) is 140 cm³/mol. The largest absolute Gasteiger partial charge is 0.469 e. The Morgan fingerprint density at radius 2 is 1.37 bits per heavy atom. The average molecular weight is 520 g/mol. The van der Waals surface area contributed by atoms with Crippen molar-refractivity contribution in [3.63, 3.8) is 0 Å². The van der Waals surface area contributed by atoms with Gasteiger partial charge in [-0.3, -0.25) is 14.4 Å². The van der Waals surface area contributed by atoms with Gasteiger partial charge in [0.25, 0.3) is 0 Å². The smallest absolute Gasteiger partial charge is 0.323 e. The van der Waals surface area contributed by atoms with Crippen LogP contribution in [-0.4, -0.2) is 67.5 Å². The second kappa shape index (κ2) is 24.4. The monoisotopic (exact) mass is 519 g/mol. The zero-order chi connectivity index (χ0) is 26.2. The van der Waals surface area contributed by atoms with Gasteiger partial charge in [-0.25, -0.2) is 0 Å². The molecule has 0 aromatic carbocycles. The lowest BCUT2D eigenvalue weighted by Gasteiger charge is -2.15. The summed E-state index contributed by atoms with van der Waals surface area (Å²) in [4.78, 5) is 35.1. The lowest BCUT2D eigenvalue weighted by Crippen LogP contribution is -2.37. The van der Waals surface area contributed by atoms with Gasteiger partial charge in [-0.05, 0) is 6.42 Å². The van der Waals surface area contributed by atoms with Crippen LogP contribution >= 0.6 is 11.8 Å². The summed E-state index contributed by atoms with van der Waals surface area (Å²) in [5.74, 6) is -1.57. The molecule has 0 bridgehead atoms. The van der Waals surface area contributed by atoms with Crippen molar-refractivity contribution in [1.82, 2.24) is 0 Å². The number of hydrogen-bond acceptors (Lipinski definition) is 9. The molecule has 2 atom stereocenters. The number of unbranched alkanes of at least 4 members (excludes halogenated alkanes) is 12. The predicted octanol–water partition coefficient (Wildman–Crippen LogP) is 4.40. The van der Waals surface area contributed by atoms with Gasteiger partial charge in [-0.1, -0.05) is 84.0 Å². The first kappa shape index (κ1) is 33.7. The SMILES string of the molecule is CCCCCCCCCCCCCCCC(=O)OCCSC[C@H](N)C(=O)OC[C@H](CO)C(=O)OC. The maximum atomic E-state index is 11.9. The Kier molecular flexibility index (Phi) is 23.5. The molecule has 0 rings (SSSR count). The van der Waals surface area contributed by atoms with Gasteiger partial charge in [-0.2, -0.15) is 11.8 Å². The number of aliphatic hydroxyl groups excluding tert-OH is 1. The van der Waals surface area contributed by atoms with E-state index in [0.717, 1.165) is 12.8 Å². The van der Waals surface area contributed by atoms with Crippen LogP contribution in [0.2, 0.25) is 0 Å². The van der Waals surface area contributed by atoms with Crippen molar-refractivity contribution in [2.24, 2.45) is 11.7 Å². The summed E-state index contributed by atoms with van der Waals surface area (Å²) in [6.45, 7) is 1.77. The normalized spacial score (nSPS) is 12.7. The molecule has 0 aliphatic heterocycles. The Morgan fingerprint density at radius 1 is 0.829 bits per heavy atom. The molecule has 0 radical (unpaired) electrons. The van der Waals surface area contributed by atoms with Gasteiger partial charge in [0.05, 0.1) is 13.7 Å². The Bertz CT molecular complexity index is 548. The van der Waals surface area contributed by atoms with E-state index in [4.69, 9.17) is 20.3 Å². The second-order valence-corrected chi connectivity index (χ2v) is 10.1. The van der Waals surface area contributed by atoms with E-state index in [1.54, 1.807) is 0 Å². The van der Waals surface area contributed by atoms with Crippen molar-refractivity contribution in [3.05, 3.63) is 0 Å². The zero-order valence-corrected chi connectivity index (χ0v) is 22.8. The van der Waals surface area contributed by atoms with Gasteiger partial charge in [-0.15, -0.1) is 0 Å². The fourth-order valence-electron chi connectivity index (χ4n) is 3.50. The minimum absolute atomic E-state index is 0.185. The molecular formula is C26H49NO7S. The minimum atomic E-state index is -0.918. The molecule has 0 fully saturated rings. The summed E-state index contributed by atoms with van der Waals surface area (Å²) in [6, 6.07) is -0.863. The minimum Gasteiger partial charge on any atom is -0.469 e. The van der Waals surface area contributed by atoms with Gasteiger partial charge >= 0.3 is 17.9 Å². The highest BCUT2D eigenvalue weighted by molar-refractivity contribution is 7.99. The summed E-state index contributed by atoms with van der Waals surface area (Å²) < 4.78 is 14.7. The number of hydrogen-bond donors (Lipinski definition) is 2. The highest BCUT2D eigenvalue weighted by atomic mass is 32.2. The van der Waals surface area contributed by atoms with Crippen LogP contribution in [0.5, 0.6) is 0 Å². The number of methoxy groups -OCH3 is 1. The van der Waals surface area contributed by atoms with E-state index in [0.29, 0.717) is 17.9 Å². The summed E-state index contributed by atoms with van der Waals surface area (Å²) >= 11 is 1.39. The molecule has 0 unspecified atom stereocenters. The first-order valence-electron chi connectivity index (χ1n) is 13.3. The molecule has 206 valence electrons. The number of esters is 3. The molecule has 0 amide bonds. The van der Waals surface area contributed by atoms with Gasteiger partial charge in [0.1, 0.15) is 25.2 Å². The standard InChI is InChI=1S/C26H49NO7S/c1-3-4-5-6-7-8-9-10-11-12-13-14-15-16-24(29)33-17-18-35-21-23(27)26(31)34-20-22(19-28)25(30)32-2/h22-23,28H,3-21,27H2,1-2H3/t22-,23-/m0/s1. The number of nitrogens with two attached hydrogens (primary N) is 1. The highest BCUT2D eigenvalue weighted by Gasteiger charge is 2.22. The maximum Gasteiger partial charge on any atom is 0.323 e. The van der Waals surface area contributed by atoms with Crippen molar-refractivity contribution in [2.45, 2.75) is 103 Å². The number of carbonyl (C=O) groups is 3. The molecule has 8 nitrogen and oxygen atoms in total. The number of carbonyl (C=O) groups excluding carboxylic acids is 3. The van der Waals surface area contributed by atoms with E-state index in [2.05, 4.69) is 11.7 Å². The number of thioether (sulfide) groups is 1. The van der Waals surface area contributed by atoms with E-state index in [9.17, 15) is 14.4 Å². The van der Waals surface area contributed by atoms with Crippen LogP contribution in [0.25, 0.3) is 0 Å². The lowest BCUT2D eigenvalue weighted by atomic mass is 10.0. The summed E-state index contributed by atoms with van der Waals surface area (Å²) in [5, 5.41) is 9.11. The van der Waals surface area contributed by atoms with Gasteiger partial charge in [0, 0.05) is 17.9 Å². The van der Waals surface area contributed by atoms with Crippen LogP contribution in [-0.2, 0) is 28.6 Å². The molecule has 0 spiro atoms. The van der Waals surface area contributed by atoms with Crippen LogP contribution in [0.15, 0.2) is 0 Å². The molecule has 0 aliphatic rings. The molecule has 0 aromatic rings. The maximum absolute atomic E-state index is 11.9. The van der Waals surface area contributed by atoms with Crippen LogP contribution in [0.3, 0.4) is 0 Å². The van der Waals surface area contributed by atoms with Crippen LogP contribution in [0, 0.1) is 5.92 Å². The van der Waals surface area contributed by atoms with Crippen molar-refractivity contribution in [2.75, 3.05) is 38.4 Å². The number of aliphatic hydroxyl groups is 1. The third kappa shape index (κ3) is 20.6. The Morgan fingerprint density at radius 3 is 1.89 bits per heavy atom. The molecule has 35 heavy (non-hydrogen) atoms. The van der Waals surface area contributed by atoms with Gasteiger partial charge < -0.3 is 25.1 Å². The first-order chi connectivity index (χ1) is 17.0. The molecule has 0 saturated carbocycles. The molecule has 0 aliphatic carbocycles. The number of rotatable bonds is 24. The molecule has 0 aromatic heterocycles. The van der Waals surface area contributed by atoms with E-state index < -0.39 is 30.5 Å². The average Bonchev–Trinajstić information content (AvgIpc) is 2.86. The molecule has 0 saturated heterocycles. The second-order valence-electron chi connectivity index (χ2n) is 8.93. The van der Waals surface area contributed by atoms with Crippen molar-refractivity contribution < 1.29 is 33.7 Å². The van der Waals surface area contributed by atoms with Crippen LogP contribution in [0.1, 0.15) is 96.8 Å². The highest BCUT2D eigenvalue weighted by Crippen LogP contribution is 2.13. The molecule has 9 heteroatoms. The van der Waals surface area contributed by atoms with Crippen molar-refractivity contribution >= 4 is 29.7 Å². The third-order valence-electron chi connectivity index (χ3n) is 5.76. The quantitative estimate of drug-likeness (QED) is 0.108. The lowest BCUT2D eigenvalue weighted by molar-refractivity contribution is -0.155. The number of ether oxygens (including phenoxy) is 3. The Labute approximate surface area is 216 Å². The fraction of sp³-hybridized carbons (Fsp3) is 0.885. The van der Waals surface area contributed by atoms with Crippen molar-refractivity contribution in [1.29, 1.82) is 0 Å². The third-order valence-corrected chi connectivity index (χ3v) is 6.81. The van der Waals surface area contributed by atoms with Gasteiger partial charge in [0.15, 0.2) is 0 Å². The van der Waals surface area contributed by atoms with Crippen LogP contribution < -0.4 is 5.73 Å². The molecule has 0 heterocycles. The van der Waals surface area contributed by atoms with Crippen LogP contribution in [0.4, 0.5) is 0 Å². The van der Waals surface area contributed by atoms with E-state index in [-0.39, 0.29) is 19.2 Å². The molecular weight excluding hydrogens is 470 g/mol. The van der Waals surface area contributed by atoms with E-state index in [1.807, 2.05) is 0 Å². The Balaban J connectivity index is 3.54. The Hall–Kier alpha value is -1.32.